The molecule has 1 aliphatic heterocycles. The summed E-state index contributed by atoms with van der Waals surface area (Å²) in [5.74, 6) is 0.255. The van der Waals surface area contributed by atoms with Crippen LogP contribution in [-0.2, 0) is 0 Å². The van der Waals surface area contributed by atoms with E-state index in [1.165, 1.54) is 12.1 Å². The van der Waals surface area contributed by atoms with E-state index in [-0.39, 0.29) is 17.1 Å². The predicted octanol–water partition coefficient (Wildman–Crippen LogP) is 4.92. The van der Waals surface area contributed by atoms with Crippen molar-refractivity contribution in [2.24, 2.45) is 0 Å². The highest BCUT2D eigenvalue weighted by atomic mass is 35.5. The number of nitrogens with zero attached hydrogens (tertiary/aromatic N) is 1. The average molecular weight is 414 g/mol. The van der Waals surface area contributed by atoms with E-state index in [4.69, 9.17) is 27.6 Å². The molecule has 146 valence electrons. The third kappa shape index (κ3) is 4.94. The molecule has 0 aliphatic carbocycles. The van der Waals surface area contributed by atoms with E-state index in [1.807, 2.05) is 12.1 Å². The van der Waals surface area contributed by atoms with Crippen LogP contribution in [0, 0.1) is 5.82 Å². The Morgan fingerprint density at radius 1 is 1.30 bits per heavy atom. The van der Waals surface area contributed by atoms with E-state index in [9.17, 15) is 9.18 Å². The van der Waals surface area contributed by atoms with Gasteiger partial charge < -0.3 is 15.1 Å². The van der Waals surface area contributed by atoms with Crippen LogP contribution in [0.15, 0.2) is 34.9 Å². The highest BCUT2D eigenvalue weighted by Crippen LogP contribution is 2.29. The molecule has 8 heteroatoms. The van der Waals surface area contributed by atoms with Crippen molar-refractivity contribution >= 4 is 29.2 Å². The number of carbonyl (C=O) groups is 1. The number of hydrogen-bond donors (Lipinski definition) is 2. The van der Waals surface area contributed by atoms with E-state index in [0.29, 0.717) is 17.1 Å². The summed E-state index contributed by atoms with van der Waals surface area (Å²) in [6.45, 7) is 4.10. The van der Waals surface area contributed by atoms with E-state index in [1.54, 1.807) is 13.2 Å². The number of furan rings is 1. The molecule has 0 spiro atoms. The summed E-state index contributed by atoms with van der Waals surface area (Å²) in [6, 6.07) is 5.50. The second-order valence-corrected chi connectivity index (χ2v) is 7.45. The Morgan fingerprint density at radius 2 is 2.04 bits per heavy atom. The van der Waals surface area contributed by atoms with Gasteiger partial charge in [-0.3, -0.25) is 4.90 Å². The van der Waals surface area contributed by atoms with Crippen molar-refractivity contribution in [3.8, 4) is 0 Å². The summed E-state index contributed by atoms with van der Waals surface area (Å²) in [7, 11) is 0. The van der Waals surface area contributed by atoms with Gasteiger partial charge in [0.15, 0.2) is 0 Å². The zero-order valence-electron chi connectivity index (χ0n) is 15.0. The zero-order valence-corrected chi connectivity index (χ0v) is 16.5. The van der Waals surface area contributed by atoms with Crippen LogP contribution < -0.4 is 10.6 Å². The Hall–Kier alpha value is -1.76. The number of urea groups is 1. The molecule has 2 atom stereocenters. The lowest BCUT2D eigenvalue weighted by Crippen LogP contribution is -2.42. The van der Waals surface area contributed by atoms with Crippen molar-refractivity contribution in [2.45, 2.75) is 31.8 Å². The monoisotopic (exact) mass is 413 g/mol. The molecule has 0 bridgehead atoms. The van der Waals surface area contributed by atoms with E-state index >= 15 is 0 Å². The maximum atomic E-state index is 13.7. The van der Waals surface area contributed by atoms with Gasteiger partial charge in [0.05, 0.1) is 23.4 Å². The Kier molecular flexibility index (Phi) is 6.63. The fraction of sp³-hybridized carbons (Fsp3) is 0.421. The van der Waals surface area contributed by atoms with Crippen molar-refractivity contribution < 1.29 is 13.6 Å². The minimum absolute atomic E-state index is 0.0138. The van der Waals surface area contributed by atoms with Crippen molar-refractivity contribution in [1.29, 1.82) is 0 Å². The lowest BCUT2D eigenvalue weighted by Gasteiger charge is -2.26. The molecule has 2 heterocycles. The molecule has 1 aromatic carbocycles. The predicted molar refractivity (Wildman–Crippen MR) is 104 cm³/mol. The number of hydrogen-bond acceptors (Lipinski definition) is 3. The quantitative estimate of drug-likeness (QED) is 0.660. The number of likely N-dealkylation sites (tertiary alicyclic amines) is 1. The van der Waals surface area contributed by atoms with Gasteiger partial charge in [0, 0.05) is 11.6 Å². The zero-order chi connectivity index (χ0) is 19.4. The van der Waals surface area contributed by atoms with Gasteiger partial charge in [-0.15, -0.1) is 0 Å². The number of carbonyl (C=O) groups excluding carboxylic acids is 1. The van der Waals surface area contributed by atoms with Crippen LogP contribution >= 0.6 is 23.2 Å². The summed E-state index contributed by atoms with van der Waals surface area (Å²) in [5, 5.41) is 5.92. The lowest BCUT2D eigenvalue weighted by molar-refractivity contribution is 0.202. The normalized spacial score (nSPS) is 16.9. The molecule has 2 N–H and O–H groups in total. The molecule has 27 heavy (non-hydrogen) atoms. The number of nitrogens with one attached hydrogen (secondary N) is 2. The first kappa shape index (κ1) is 20.0. The Balaban J connectivity index is 1.60. The maximum absolute atomic E-state index is 13.7. The number of rotatable bonds is 6. The van der Waals surface area contributed by atoms with Crippen LogP contribution in [0.25, 0.3) is 0 Å². The summed E-state index contributed by atoms with van der Waals surface area (Å²) < 4.78 is 19.3. The minimum Gasteiger partial charge on any atom is -0.468 e. The fourth-order valence-electron chi connectivity index (χ4n) is 3.33. The lowest BCUT2D eigenvalue weighted by atomic mass is 10.1. The first-order chi connectivity index (χ1) is 13.0. The Morgan fingerprint density at radius 3 is 2.70 bits per heavy atom. The first-order valence-electron chi connectivity index (χ1n) is 8.92. The molecule has 1 aliphatic rings. The third-order valence-electron chi connectivity index (χ3n) is 4.76. The van der Waals surface area contributed by atoms with Crippen LogP contribution in [0.1, 0.15) is 43.2 Å². The van der Waals surface area contributed by atoms with Crippen LogP contribution in [0.5, 0.6) is 0 Å². The molecule has 0 saturated carbocycles. The SMILES string of the molecule is CC(NC(=O)NCC(c1ccco1)N1CCCC1)c1cc(F)c(Cl)cc1Cl. The Labute approximate surface area is 167 Å². The van der Waals surface area contributed by atoms with Crippen molar-refractivity contribution in [1.82, 2.24) is 15.5 Å². The summed E-state index contributed by atoms with van der Waals surface area (Å²) in [5.41, 5.74) is 0.468. The molecule has 0 radical (unpaired) electrons. The smallest absolute Gasteiger partial charge is 0.315 e. The van der Waals surface area contributed by atoms with Crippen LogP contribution in [-0.4, -0.2) is 30.6 Å². The molecule has 2 aromatic rings. The third-order valence-corrected chi connectivity index (χ3v) is 5.38. The Bertz CT molecular complexity index is 780. The maximum Gasteiger partial charge on any atom is 0.315 e. The second kappa shape index (κ2) is 8.95. The molecular formula is C19H22Cl2FN3O2. The molecule has 1 aromatic heterocycles. The molecule has 2 unspecified atom stereocenters. The minimum atomic E-state index is -0.572. The highest BCUT2D eigenvalue weighted by molar-refractivity contribution is 6.35. The van der Waals surface area contributed by atoms with Crippen LogP contribution in [0.4, 0.5) is 9.18 Å². The van der Waals surface area contributed by atoms with Gasteiger partial charge in [0.2, 0.25) is 0 Å². The van der Waals surface area contributed by atoms with Gasteiger partial charge in [-0.25, -0.2) is 9.18 Å². The van der Waals surface area contributed by atoms with E-state index in [2.05, 4.69) is 15.5 Å². The van der Waals surface area contributed by atoms with E-state index in [0.717, 1.165) is 31.7 Å². The van der Waals surface area contributed by atoms with Gasteiger partial charge in [0.1, 0.15) is 11.6 Å². The largest absolute Gasteiger partial charge is 0.468 e. The summed E-state index contributed by atoms with van der Waals surface area (Å²) in [6.07, 6.45) is 3.92. The highest BCUT2D eigenvalue weighted by Gasteiger charge is 2.26. The van der Waals surface area contributed by atoms with Gasteiger partial charge >= 0.3 is 6.03 Å². The van der Waals surface area contributed by atoms with Crippen molar-refractivity contribution in [3.63, 3.8) is 0 Å². The average Bonchev–Trinajstić information content (AvgIpc) is 3.32. The molecule has 2 amide bonds. The molecule has 3 rings (SSSR count). The second-order valence-electron chi connectivity index (χ2n) is 6.64. The van der Waals surface area contributed by atoms with Crippen LogP contribution in [0.2, 0.25) is 10.0 Å². The van der Waals surface area contributed by atoms with Crippen molar-refractivity contribution in [3.05, 3.63) is 57.7 Å². The fourth-order valence-corrected chi connectivity index (χ4v) is 3.88. The molecule has 5 nitrogen and oxygen atoms in total. The molecular weight excluding hydrogens is 392 g/mol. The van der Waals surface area contributed by atoms with Gasteiger partial charge in [-0.2, -0.15) is 0 Å². The molecule has 1 fully saturated rings. The number of benzene rings is 1. The number of halogens is 3. The van der Waals surface area contributed by atoms with E-state index < -0.39 is 11.9 Å². The standard InChI is InChI=1S/C19H22Cl2FN3O2/c1-12(13-9-16(22)15(21)10-14(13)20)24-19(26)23-11-17(18-5-4-8-27-18)25-6-2-3-7-25/h4-5,8-10,12,17H,2-3,6-7,11H2,1H3,(H2,23,24,26). The van der Waals surface area contributed by atoms with Gasteiger partial charge in [-0.05, 0) is 62.7 Å². The first-order valence-corrected chi connectivity index (χ1v) is 9.67. The topological polar surface area (TPSA) is 57.5 Å². The van der Waals surface area contributed by atoms with Crippen LogP contribution in [0.3, 0.4) is 0 Å². The number of amides is 2. The van der Waals surface area contributed by atoms with Gasteiger partial charge in [-0.1, -0.05) is 23.2 Å². The van der Waals surface area contributed by atoms with Crippen molar-refractivity contribution in [2.75, 3.05) is 19.6 Å². The van der Waals surface area contributed by atoms with Gasteiger partial charge in [0.25, 0.3) is 0 Å². The molecule has 1 saturated heterocycles. The summed E-state index contributed by atoms with van der Waals surface area (Å²) >= 11 is 11.8. The summed E-state index contributed by atoms with van der Waals surface area (Å²) in [4.78, 5) is 14.6.